The number of carbonyl (C=O) groups is 1. The van der Waals surface area contributed by atoms with Gasteiger partial charge in [-0.2, -0.15) is 4.98 Å². The third-order valence-corrected chi connectivity index (χ3v) is 3.26. The fourth-order valence-electron chi connectivity index (χ4n) is 1.76. The number of ketones is 1. The zero-order chi connectivity index (χ0) is 14.7. The van der Waals surface area contributed by atoms with Gasteiger partial charge in [0.2, 0.25) is 17.5 Å². The van der Waals surface area contributed by atoms with Gasteiger partial charge in [-0.05, 0) is 30.7 Å². The number of methoxy groups -OCH3 is 2. The lowest BCUT2D eigenvalue weighted by atomic mass is 10.0. The molecule has 0 N–H and O–H groups in total. The van der Waals surface area contributed by atoms with Gasteiger partial charge in [0.15, 0.2) is 5.69 Å². The predicted octanol–water partition coefficient (Wildman–Crippen LogP) is 2.80. The highest BCUT2D eigenvalue weighted by atomic mass is 79.9. The average Bonchev–Trinajstić information content (AvgIpc) is 2.46. The van der Waals surface area contributed by atoms with Gasteiger partial charge in [0, 0.05) is 10.0 Å². The summed E-state index contributed by atoms with van der Waals surface area (Å²) in [6.45, 7) is 1.86. The van der Waals surface area contributed by atoms with Crippen LogP contribution < -0.4 is 9.47 Å². The van der Waals surface area contributed by atoms with Crippen LogP contribution in [0.2, 0.25) is 0 Å². The lowest BCUT2D eigenvalue weighted by Gasteiger charge is -2.09. The third kappa shape index (κ3) is 2.80. The quantitative estimate of drug-likeness (QED) is 0.803. The molecular formula is C14H13BrN2O3. The fourth-order valence-corrected chi connectivity index (χ4v) is 2.24. The van der Waals surface area contributed by atoms with E-state index in [-0.39, 0.29) is 17.4 Å². The van der Waals surface area contributed by atoms with Crippen LogP contribution in [0.3, 0.4) is 0 Å². The molecule has 2 rings (SSSR count). The van der Waals surface area contributed by atoms with Crippen LogP contribution in [0.25, 0.3) is 0 Å². The van der Waals surface area contributed by atoms with Crippen molar-refractivity contribution in [3.8, 4) is 11.8 Å². The molecule has 0 saturated heterocycles. The van der Waals surface area contributed by atoms with Crippen molar-refractivity contribution >= 4 is 21.7 Å². The second-order valence-corrected chi connectivity index (χ2v) is 4.97. The number of aromatic nitrogens is 2. The number of aryl methyl sites for hydroxylation is 1. The van der Waals surface area contributed by atoms with E-state index in [0.29, 0.717) is 11.4 Å². The van der Waals surface area contributed by atoms with Gasteiger partial charge >= 0.3 is 0 Å². The molecule has 0 unspecified atom stereocenters. The molecule has 0 amide bonds. The smallest absolute Gasteiger partial charge is 0.247 e. The standard InChI is InChI=1S/C14H13BrN2O3/c1-8-6-9(15)4-5-10(8)13(18)12-14(20-3)17-11(19-2)7-16-12/h4-7H,1-3H3. The normalized spacial score (nSPS) is 10.2. The Morgan fingerprint density at radius 2 is 2.00 bits per heavy atom. The van der Waals surface area contributed by atoms with Crippen LogP contribution in [0.1, 0.15) is 21.6 Å². The first-order chi connectivity index (χ1) is 9.56. The molecule has 0 atom stereocenters. The van der Waals surface area contributed by atoms with Crippen LogP contribution in [0.4, 0.5) is 0 Å². The molecule has 0 aliphatic carbocycles. The summed E-state index contributed by atoms with van der Waals surface area (Å²) in [6.07, 6.45) is 1.39. The van der Waals surface area contributed by atoms with E-state index < -0.39 is 0 Å². The van der Waals surface area contributed by atoms with Gasteiger partial charge in [-0.25, -0.2) is 4.98 Å². The van der Waals surface area contributed by atoms with Gasteiger partial charge in [0.25, 0.3) is 0 Å². The maximum Gasteiger partial charge on any atom is 0.247 e. The molecule has 0 fully saturated rings. The maximum absolute atomic E-state index is 12.5. The first kappa shape index (κ1) is 14.5. The van der Waals surface area contributed by atoms with Crippen molar-refractivity contribution in [3.05, 3.63) is 45.7 Å². The van der Waals surface area contributed by atoms with Crippen molar-refractivity contribution in [2.75, 3.05) is 14.2 Å². The number of ether oxygens (including phenoxy) is 2. The molecule has 0 bridgehead atoms. The summed E-state index contributed by atoms with van der Waals surface area (Å²) in [5.74, 6) is 0.213. The molecule has 6 heteroatoms. The summed E-state index contributed by atoms with van der Waals surface area (Å²) >= 11 is 3.37. The summed E-state index contributed by atoms with van der Waals surface area (Å²) in [5, 5.41) is 0. The lowest BCUT2D eigenvalue weighted by Crippen LogP contribution is -2.10. The van der Waals surface area contributed by atoms with Crippen LogP contribution in [-0.4, -0.2) is 30.0 Å². The summed E-state index contributed by atoms with van der Waals surface area (Å²) in [4.78, 5) is 20.7. The molecule has 1 heterocycles. The van der Waals surface area contributed by atoms with Gasteiger partial charge in [-0.3, -0.25) is 4.79 Å². The Morgan fingerprint density at radius 1 is 1.25 bits per heavy atom. The average molecular weight is 337 g/mol. The first-order valence-corrected chi connectivity index (χ1v) is 6.62. The molecule has 2 aromatic rings. The Labute approximate surface area is 125 Å². The van der Waals surface area contributed by atoms with Gasteiger partial charge < -0.3 is 9.47 Å². The lowest BCUT2D eigenvalue weighted by molar-refractivity contribution is 0.102. The summed E-state index contributed by atoms with van der Waals surface area (Å²) in [7, 11) is 2.92. The van der Waals surface area contributed by atoms with E-state index in [4.69, 9.17) is 9.47 Å². The van der Waals surface area contributed by atoms with Crippen molar-refractivity contribution < 1.29 is 14.3 Å². The topological polar surface area (TPSA) is 61.3 Å². The number of benzene rings is 1. The highest BCUT2D eigenvalue weighted by Crippen LogP contribution is 2.23. The monoisotopic (exact) mass is 336 g/mol. The summed E-state index contributed by atoms with van der Waals surface area (Å²) in [5.41, 5.74) is 1.58. The molecule has 1 aromatic heterocycles. The van der Waals surface area contributed by atoms with E-state index in [9.17, 15) is 4.79 Å². The molecule has 20 heavy (non-hydrogen) atoms. The van der Waals surface area contributed by atoms with Gasteiger partial charge in [0.05, 0.1) is 20.4 Å². The minimum Gasteiger partial charge on any atom is -0.480 e. The van der Waals surface area contributed by atoms with Crippen LogP contribution in [0.5, 0.6) is 11.8 Å². The van der Waals surface area contributed by atoms with Crippen LogP contribution in [0, 0.1) is 6.92 Å². The van der Waals surface area contributed by atoms with E-state index >= 15 is 0 Å². The number of rotatable bonds is 4. The third-order valence-electron chi connectivity index (χ3n) is 2.77. The zero-order valence-electron chi connectivity index (χ0n) is 11.3. The molecule has 0 saturated carbocycles. The molecule has 5 nitrogen and oxygen atoms in total. The van der Waals surface area contributed by atoms with Crippen molar-refractivity contribution in [1.82, 2.24) is 9.97 Å². The van der Waals surface area contributed by atoms with Crippen molar-refractivity contribution in [2.24, 2.45) is 0 Å². The highest BCUT2D eigenvalue weighted by molar-refractivity contribution is 9.10. The molecule has 0 spiro atoms. The number of halogens is 1. The van der Waals surface area contributed by atoms with Gasteiger partial charge in [0.1, 0.15) is 0 Å². The van der Waals surface area contributed by atoms with Crippen LogP contribution >= 0.6 is 15.9 Å². The first-order valence-electron chi connectivity index (χ1n) is 5.82. The van der Waals surface area contributed by atoms with Crippen LogP contribution in [-0.2, 0) is 0 Å². The van der Waals surface area contributed by atoms with Crippen molar-refractivity contribution in [2.45, 2.75) is 6.92 Å². The number of carbonyl (C=O) groups excluding carboxylic acids is 1. The van der Waals surface area contributed by atoms with Crippen molar-refractivity contribution in [3.63, 3.8) is 0 Å². The van der Waals surface area contributed by atoms with E-state index in [1.165, 1.54) is 20.4 Å². The molecule has 1 aromatic carbocycles. The minimum atomic E-state index is -0.234. The second kappa shape index (κ2) is 6.00. The van der Waals surface area contributed by atoms with Crippen LogP contribution in [0.15, 0.2) is 28.9 Å². The Hall–Kier alpha value is -1.95. The van der Waals surface area contributed by atoms with E-state index in [2.05, 4.69) is 25.9 Å². The Kier molecular flexibility index (Phi) is 4.34. The number of hydrogen-bond donors (Lipinski definition) is 0. The van der Waals surface area contributed by atoms with Gasteiger partial charge in [-0.1, -0.05) is 15.9 Å². The molecule has 0 radical (unpaired) electrons. The molecular weight excluding hydrogens is 324 g/mol. The van der Waals surface area contributed by atoms with E-state index in [1.807, 2.05) is 19.1 Å². The Bertz CT molecular complexity index is 659. The number of hydrogen-bond acceptors (Lipinski definition) is 5. The van der Waals surface area contributed by atoms with E-state index in [0.717, 1.165) is 10.0 Å². The SMILES string of the molecule is COc1cnc(C(=O)c2ccc(Br)cc2C)c(OC)n1. The highest BCUT2D eigenvalue weighted by Gasteiger charge is 2.20. The largest absolute Gasteiger partial charge is 0.480 e. The molecule has 0 aliphatic heterocycles. The summed E-state index contributed by atoms with van der Waals surface area (Å²) in [6, 6.07) is 5.42. The molecule has 0 aliphatic rings. The minimum absolute atomic E-state index is 0.150. The van der Waals surface area contributed by atoms with E-state index in [1.54, 1.807) is 6.07 Å². The maximum atomic E-state index is 12.5. The second-order valence-electron chi connectivity index (χ2n) is 4.06. The van der Waals surface area contributed by atoms with Crippen molar-refractivity contribution in [1.29, 1.82) is 0 Å². The summed E-state index contributed by atoms with van der Waals surface area (Å²) < 4.78 is 11.0. The number of nitrogens with zero attached hydrogens (tertiary/aromatic N) is 2. The predicted molar refractivity (Wildman–Crippen MR) is 77.4 cm³/mol. The Balaban J connectivity index is 2.47. The Morgan fingerprint density at radius 3 is 2.60 bits per heavy atom. The fraction of sp³-hybridized carbons (Fsp3) is 0.214. The van der Waals surface area contributed by atoms with Gasteiger partial charge in [-0.15, -0.1) is 0 Å². The zero-order valence-corrected chi connectivity index (χ0v) is 12.9. The molecule has 104 valence electrons.